The van der Waals surface area contributed by atoms with Gasteiger partial charge in [0.05, 0.1) is 19.9 Å². The van der Waals surface area contributed by atoms with E-state index in [-0.39, 0.29) is 42.2 Å². The minimum atomic E-state index is -4.73. The summed E-state index contributed by atoms with van der Waals surface area (Å²) in [6.45, 7) is -0.582. The molecule has 14 nitrogen and oxygen atoms in total. The van der Waals surface area contributed by atoms with Crippen LogP contribution in [-0.2, 0) is 18.2 Å². The third kappa shape index (κ3) is 6.87. The van der Waals surface area contributed by atoms with Crippen LogP contribution in [0.5, 0.6) is 11.5 Å². The largest absolute Gasteiger partial charge is 0.527 e. The third-order valence-corrected chi connectivity index (χ3v) is 8.41. The Bertz CT molecular complexity index is 1600. The van der Waals surface area contributed by atoms with E-state index in [9.17, 15) is 32.5 Å². The lowest BCUT2D eigenvalue weighted by Crippen LogP contribution is -2.55. The molecule has 0 spiro atoms. The third-order valence-electron chi connectivity index (χ3n) is 6.58. The number of hydrogen-bond donors (Lipinski definition) is 5. The van der Waals surface area contributed by atoms with Crippen LogP contribution in [0.15, 0.2) is 53.3 Å². The van der Waals surface area contributed by atoms with Crippen molar-refractivity contribution in [2.75, 3.05) is 35.8 Å². The zero-order chi connectivity index (χ0) is 29.4. The molecule has 1 aliphatic heterocycles. The summed E-state index contributed by atoms with van der Waals surface area (Å²) in [4.78, 5) is 41.0. The van der Waals surface area contributed by atoms with Crippen LogP contribution in [-0.4, -0.2) is 45.7 Å². The number of benzene rings is 2. The van der Waals surface area contributed by atoms with Crippen molar-refractivity contribution in [3.8, 4) is 11.5 Å². The zero-order valence-corrected chi connectivity index (χ0v) is 22.8. The lowest BCUT2D eigenvalue weighted by molar-refractivity contribution is 0.0211. The minimum absolute atomic E-state index is 0.117. The summed E-state index contributed by atoms with van der Waals surface area (Å²) in [6.07, 6.45) is 0.323. The molecule has 2 aromatic carbocycles. The maximum Gasteiger partial charge on any atom is 0.527 e. The number of nitrogens with zero attached hydrogens (tertiary/aromatic N) is 2. The molecule has 41 heavy (non-hydrogen) atoms. The van der Waals surface area contributed by atoms with Gasteiger partial charge in [0.2, 0.25) is 5.95 Å². The fraction of sp³-hybridized carbons (Fsp3) is 0.304. The van der Waals surface area contributed by atoms with Crippen molar-refractivity contribution >= 4 is 33.1 Å². The fourth-order valence-corrected chi connectivity index (χ4v) is 6.28. The Morgan fingerprint density at radius 1 is 1.00 bits per heavy atom. The molecule has 1 aliphatic carbocycles. The average molecular weight is 615 g/mol. The smallest absolute Gasteiger partial charge is 0.404 e. The summed E-state index contributed by atoms with van der Waals surface area (Å²) in [6, 6.07) is 8.78. The first kappa shape index (κ1) is 29.0. The zero-order valence-electron chi connectivity index (χ0n) is 21.1. The number of phosphoric acid groups is 2. The number of H-pyrrole nitrogens is 1. The number of fused-ring (bicyclic) bond motifs is 1. The molecule has 1 saturated carbocycles. The number of rotatable bonds is 11. The predicted octanol–water partition coefficient (Wildman–Crippen LogP) is 3.22. The van der Waals surface area contributed by atoms with Crippen LogP contribution >= 0.6 is 15.6 Å². The van der Waals surface area contributed by atoms with E-state index < -0.39 is 57.3 Å². The van der Waals surface area contributed by atoms with Gasteiger partial charge in [-0.3, -0.25) is 28.6 Å². The Morgan fingerprint density at radius 3 is 2.17 bits per heavy atom. The molecule has 2 aliphatic rings. The maximum absolute atomic E-state index is 13.5. The van der Waals surface area contributed by atoms with Crippen LogP contribution in [0.1, 0.15) is 6.42 Å². The molecule has 0 amide bonds. The molecule has 220 valence electrons. The second-order valence-electron chi connectivity index (χ2n) is 9.31. The van der Waals surface area contributed by atoms with Crippen molar-refractivity contribution in [2.24, 2.45) is 11.8 Å². The number of halogens is 2. The molecule has 0 radical (unpaired) electrons. The lowest BCUT2D eigenvalue weighted by Gasteiger charge is -2.48. The summed E-state index contributed by atoms with van der Waals surface area (Å²) < 4.78 is 72.3. The molecule has 5 atom stereocenters. The highest BCUT2D eigenvalue weighted by Crippen LogP contribution is 2.51. The summed E-state index contributed by atoms with van der Waals surface area (Å²) in [5.74, 6) is -2.79. The van der Waals surface area contributed by atoms with Crippen LogP contribution in [0.3, 0.4) is 0 Å². The lowest BCUT2D eigenvalue weighted by atomic mass is 9.69. The van der Waals surface area contributed by atoms with Gasteiger partial charge in [-0.05, 0) is 36.6 Å². The van der Waals surface area contributed by atoms with Gasteiger partial charge in [-0.2, -0.15) is 4.98 Å². The molecule has 0 bridgehead atoms. The topological polar surface area (TPSA) is 199 Å². The van der Waals surface area contributed by atoms with Gasteiger partial charge in [-0.25, -0.2) is 17.9 Å². The first-order valence-electron chi connectivity index (χ1n) is 12.1. The van der Waals surface area contributed by atoms with Gasteiger partial charge in [0.25, 0.3) is 5.56 Å². The molecule has 2 heterocycles. The molecule has 18 heteroatoms. The van der Waals surface area contributed by atoms with Gasteiger partial charge < -0.3 is 25.0 Å². The first-order chi connectivity index (χ1) is 19.4. The molecule has 3 aromatic rings. The van der Waals surface area contributed by atoms with E-state index in [0.29, 0.717) is 6.42 Å². The van der Waals surface area contributed by atoms with Crippen LogP contribution in [0.25, 0.3) is 0 Å². The van der Waals surface area contributed by atoms with Crippen LogP contribution in [0, 0.1) is 23.5 Å². The Balaban J connectivity index is 1.30. The SMILES string of the molecule is Nc1nc2c(c(=O)[nH]1)NCN2C1CC(COP(=O)(O)Oc2cccc(F)c2)C1COP(=O)(O)Oc1cccc(F)c1. The van der Waals surface area contributed by atoms with Crippen LogP contribution < -0.4 is 30.6 Å². The van der Waals surface area contributed by atoms with E-state index in [1.165, 1.54) is 24.3 Å². The summed E-state index contributed by atoms with van der Waals surface area (Å²) >= 11 is 0. The second-order valence-corrected chi connectivity index (χ2v) is 12.1. The molecule has 6 N–H and O–H groups in total. The van der Waals surface area contributed by atoms with E-state index in [0.717, 1.165) is 24.3 Å². The van der Waals surface area contributed by atoms with Gasteiger partial charge in [-0.15, -0.1) is 0 Å². The number of nitrogens with one attached hydrogen (secondary N) is 2. The molecular weight excluding hydrogens is 590 g/mol. The Hall–Kier alpha value is -3.52. The highest BCUT2D eigenvalue weighted by atomic mass is 31.2. The number of aromatic amines is 1. The summed E-state index contributed by atoms with van der Waals surface area (Å²) in [5.41, 5.74) is 5.41. The van der Waals surface area contributed by atoms with Crippen molar-refractivity contribution in [2.45, 2.75) is 12.5 Å². The summed E-state index contributed by atoms with van der Waals surface area (Å²) in [5, 5.41) is 2.92. The van der Waals surface area contributed by atoms with E-state index in [1.54, 1.807) is 4.90 Å². The monoisotopic (exact) mass is 615 g/mol. The maximum atomic E-state index is 13.5. The number of nitrogens with two attached hydrogens (primary N) is 1. The Kier molecular flexibility index (Phi) is 8.06. The second kappa shape index (κ2) is 11.4. The van der Waals surface area contributed by atoms with Gasteiger partial charge in [0.15, 0.2) is 5.82 Å². The van der Waals surface area contributed by atoms with Gasteiger partial charge >= 0.3 is 15.6 Å². The predicted molar refractivity (Wildman–Crippen MR) is 141 cm³/mol. The highest BCUT2D eigenvalue weighted by molar-refractivity contribution is 7.48. The molecular formula is C23H25F2N5O9P2. The molecule has 1 aromatic heterocycles. The number of hydrogen-bond acceptors (Lipinski definition) is 11. The van der Waals surface area contributed by atoms with Crippen molar-refractivity contribution in [3.05, 3.63) is 70.5 Å². The molecule has 5 unspecified atom stereocenters. The fourth-order valence-electron chi connectivity index (χ4n) is 4.67. The normalized spacial score (nSPS) is 22.5. The van der Waals surface area contributed by atoms with Crippen LogP contribution in [0.2, 0.25) is 0 Å². The van der Waals surface area contributed by atoms with Crippen molar-refractivity contribution in [3.63, 3.8) is 0 Å². The van der Waals surface area contributed by atoms with Crippen molar-refractivity contribution in [1.29, 1.82) is 0 Å². The number of nitrogen functional groups attached to an aromatic ring is 1. The Morgan fingerprint density at radius 2 is 1.59 bits per heavy atom. The highest BCUT2D eigenvalue weighted by Gasteiger charge is 2.48. The van der Waals surface area contributed by atoms with Gasteiger partial charge in [0.1, 0.15) is 28.8 Å². The van der Waals surface area contributed by atoms with Crippen molar-refractivity contribution < 1.29 is 45.8 Å². The number of phosphoric ester groups is 2. The Labute approximate surface area is 231 Å². The first-order valence-corrected chi connectivity index (χ1v) is 15.1. The van der Waals surface area contributed by atoms with Gasteiger partial charge in [-0.1, -0.05) is 12.1 Å². The van der Waals surface area contributed by atoms with E-state index >= 15 is 0 Å². The number of aromatic nitrogens is 2. The van der Waals surface area contributed by atoms with E-state index in [4.69, 9.17) is 23.8 Å². The van der Waals surface area contributed by atoms with Gasteiger partial charge in [0, 0.05) is 24.1 Å². The van der Waals surface area contributed by atoms with Crippen molar-refractivity contribution in [1.82, 2.24) is 9.97 Å². The standard InChI is InChI=1S/C23H25F2N5O9P2/c24-14-3-1-5-16(8-14)38-40(32,33)36-10-13-7-19(30-12-27-20-21(30)28-23(26)29-22(20)31)18(13)11-37-41(34,35)39-17-6-2-4-15(25)9-17/h1-6,8-9,13,18-19,27H,7,10-12H2,(H,32,33)(H,34,35)(H3,26,28,29,31). The number of anilines is 3. The minimum Gasteiger partial charge on any atom is -0.404 e. The quantitative estimate of drug-likeness (QED) is 0.197. The molecule has 0 saturated heterocycles. The van der Waals surface area contributed by atoms with E-state index in [1.807, 2.05) is 0 Å². The molecule has 5 rings (SSSR count). The van der Waals surface area contributed by atoms with E-state index in [2.05, 4.69) is 15.3 Å². The van der Waals surface area contributed by atoms with Crippen LogP contribution in [0.4, 0.5) is 26.2 Å². The average Bonchev–Trinajstić information content (AvgIpc) is 3.26. The molecule has 1 fully saturated rings. The summed E-state index contributed by atoms with van der Waals surface area (Å²) in [7, 11) is -9.41.